The quantitative estimate of drug-likeness (QED) is 0.517. The zero-order valence-electron chi connectivity index (χ0n) is 18.2. The molecule has 4 N–H and O–H groups in total. The molecule has 2 aromatic rings. The maximum atomic E-state index is 10.2. The average Bonchev–Trinajstić information content (AvgIpc) is 2.73. The lowest BCUT2D eigenvalue weighted by atomic mass is 9.76. The van der Waals surface area contributed by atoms with E-state index in [0.29, 0.717) is 11.1 Å². The molecule has 0 heterocycles. The Morgan fingerprint density at radius 3 is 1.33 bits per heavy atom. The second-order valence-corrected chi connectivity index (χ2v) is 7.30. The predicted octanol–water partition coefficient (Wildman–Crippen LogP) is 4.71. The monoisotopic (exact) mass is 418 g/mol. The molecule has 2 aromatic carbocycles. The zero-order chi connectivity index (χ0) is 23.2. The van der Waals surface area contributed by atoms with Crippen molar-refractivity contribution < 1.29 is 30.0 Å². The third kappa shape index (κ3) is 10.2. The van der Waals surface area contributed by atoms with Gasteiger partial charge in [-0.15, -0.1) is 0 Å². The number of aliphatic hydroxyl groups excluding tert-OH is 2. The van der Waals surface area contributed by atoms with E-state index in [0.717, 1.165) is 19.3 Å². The van der Waals surface area contributed by atoms with Crippen LogP contribution in [0.5, 0.6) is 0 Å². The maximum absolute atomic E-state index is 10.2. The molecule has 0 aromatic heterocycles. The Bertz CT molecular complexity index is 668. The van der Waals surface area contributed by atoms with Crippen LogP contribution in [0.25, 0.3) is 0 Å². The highest BCUT2D eigenvalue weighted by atomic mass is 16.4. The first-order valence-electron chi connectivity index (χ1n) is 9.99. The summed E-state index contributed by atoms with van der Waals surface area (Å²) >= 11 is 0. The van der Waals surface area contributed by atoms with Crippen molar-refractivity contribution in [2.75, 3.05) is 0 Å². The Balaban J connectivity index is 0.000000426. The van der Waals surface area contributed by atoms with Gasteiger partial charge in [0.1, 0.15) is 0 Å². The van der Waals surface area contributed by atoms with Gasteiger partial charge in [0.25, 0.3) is 0 Å². The van der Waals surface area contributed by atoms with Crippen molar-refractivity contribution in [3.05, 3.63) is 71.8 Å². The Hall–Kier alpha value is -2.70. The molecule has 0 fully saturated rings. The molecule has 0 saturated carbocycles. The largest absolute Gasteiger partial charge is 0.478 e. The van der Waals surface area contributed by atoms with Crippen LogP contribution in [0.3, 0.4) is 0 Å². The number of hydrogen-bond acceptors (Lipinski definition) is 4. The van der Waals surface area contributed by atoms with Gasteiger partial charge >= 0.3 is 11.9 Å². The van der Waals surface area contributed by atoms with Crippen LogP contribution >= 0.6 is 0 Å². The normalized spacial score (nSPS) is 13.9. The van der Waals surface area contributed by atoms with Crippen LogP contribution in [-0.4, -0.2) is 44.6 Å². The molecular weight excluding hydrogens is 384 g/mol. The summed E-state index contributed by atoms with van der Waals surface area (Å²) < 4.78 is 0. The van der Waals surface area contributed by atoms with Crippen molar-refractivity contribution in [3.63, 3.8) is 0 Å². The maximum Gasteiger partial charge on any atom is 0.335 e. The molecule has 30 heavy (non-hydrogen) atoms. The van der Waals surface area contributed by atoms with Crippen LogP contribution in [0.4, 0.5) is 0 Å². The fourth-order valence-corrected chi connectivity index (χ4v) is 2.49. The number of unbranched alkanes of at least 4 members (excludes halogenated alkanes) is 1. The molecule has 0 spiro atoms. The van der Waals surface area contributed by atoms with Crippen molar-refractivity contribution in [1.82, 2.24) is 0 Å². The number of aromatic carboxylic acids is 2. The number of carboxylic acid groups (broad SMARTS) is 2. The molecule has 2 atom stereocenters. The molecule has 2 unspecified atom stereocenters. The van der Waals surface area contributed by atoms with Crippen molar-refractivity contribution in [2.45, 2.75) is 59.2 Å². The summed E-state index contributed by atoms with van der Waals surface area (Å²) in [5.74, 6) is -1.76. The molecule has 166 valence electrons. The highest BCUT2D eigenvalue weighted by molar-refractivity contribution is 5.87. The minimum atomic E-state index is -0.879. The Morgan fingerprint density at radius 2 is 1.13 bits per heavy atom. The van der Waals surface area contributed by atoms with Gasteiger partial charge in [0.05, 0.1) is 23.3 Å². The standard InChI is InChI=1S/C10H22O2.2C7H6O2/c1-5-6-7-10(4,8(2)11)9(3)12;2*8-7(9)6-4-2-1-3-5-6/h8-9,11-12H,5-7H2,1-4H3;2*1-5H,(H,8,9). The SMILES string of the molecule is CCCCC(C)(C(C)O)C(C)O.O=C(O)c1ccccc1.O=C(O)c1ccccc1. The van der Waals surface area contributed by atoms with Crippen LogP contribution in [0.1, 0.15) is 67.7 Å². The lowest BCUT2D eigenvalue weighted by Gasteiger charge is -2.35. The van der Waals surface area contributed by atoms with Crippen LogP contribution in [0, 0.1) is 5.41 Å². The van der Waals surface area contributed by atoms with E-state index >= 15 is 0 Å². The van der Waals surface area contributed by atoms with E-state index in [4.69, 9.17) is 10.2 Å². The first-order chi connectivity index (χ1) is 14.1. The summed E-state index contributed by atoms with van der Waals surface area (Å²) in [6.07, 6.45) is 2.17. The van der Waals surface area contributed by atoms with Crippen molar-refractivity contribution >= 4 is 11.9 Å². The average molecular weight is 419 g/mol. The number of rotatable bonds is 7. The van der Waals surface area contributed by atoms with E-state index in [1.54, 1.807) is 74.5 Å². The lowest BCUT2D eigenvalue weighted by molar-refractivity contribution is -0.0481. The van der Waals surface area contributed by atoms with Gasteiger partial charge < -0.3 is 20.4 Å². The zero-order valence-corrected chi connectivity index (χ0v) is 18.2. The second-order valence-electron chi connectivity index (χ2n) is 7.30. The summed E-state index contributed by atoms with van der Waals surface area (Å²) in [6, 6.07) is 16.6. The predicted molar refractivity (Wildman–Crippen MR) is 118 cm³/mol. The smallest absolute Gasteiger partial charge is 0.335 e. The molecule has 0 aliphatic rings. The third-order valence-corrected chi connectivity index (χ3v) is 5.02. The van der Waals surface area contributed by atoms with Crippen molar-refractivity contribution in [2.24, 2.45) is 5.41 Å². The lowest BCUT2D eigenvalue weighted by Crippen LogP contribution is -2.39. The Labute approximate surface area is 178 Å². The van der Waals surface area contributed by atoms with Gasteiger partial charge in [0, 0.05) is 5.41 Å². The van der Waals surface area contributed by atoms with Crippen LogP contribution in [0.15, 0.2) is 60.7 Å². The summed E-state index contributed by atoms with van der Waals surface area (Å²) in [5.41, 5.74) is 0.325. The van der Waals surface area contributed by atoms with E-state index in [1.165, 1.54) is 0 Å². The minimum Gasteiger partial charge on any atom is -0.478 e. The number of carbonyl (C=O) groups is 2. The van der Waals surface area contributed by atoms with Gasteiger partial charge in [-0.3, -0.25) is 0 Å². The molecular formula is C24H34O6. The van der Waals surface area contributed by atoms with Gasteiger partial charge in [-0.25, -0.2) is 9.59 Å². The number of aliphatic hydroxyl groups is 2. The molecule has 6 heteroatoms. The summed E-state index contributed by atoms with van der Waals surface area (Å²) in [4.78, 5) is 20.4. The van der Waals surface area contributed by atoms with Gasteiger partial charge in [0.2, 0.25) is 0 Å². The third-order valence-electron chi connectivity index (χ3n) is 5.02. The van der Waals surface area contributed by atoms with Gasteiger partial charge in [-0.05, 0) is 44.5 Å². The number of benzene rings is 2. The van der Waals surface area contributed by atoms with E-state index < -0.39 is 24.1 Å². The second kappa shape index (κ2) is 14.3. The van der Waals surface area contributed by atoms with E-state index in [-0.39, 0.29) is 5.41 Å². The van der Waals surface area contributed by atoms with Gasteiger partial charge in [-0.2, -0.15) is 0 Å². The van der Waals surface area contributed by atoms with E-state index in [9.17, 15) is 19.8 Å². The topological polar surface area (TPSA) is 115 Å². The first-order valence-corrected chi connectivity index (χ1v) is 9.99. The molecule has 0 amide bonds. The number of carboxylic acids is 2. The summed E-state index contributed by atoms with van der Waals surface area (Å²) in [7, 11) is 0. The summed E-state index contributed by atoms with van der Waals surface area (Å²) in [6.45, 7) is 7.56. The molecule has 0 aliphatic carbocycles. The molecule has 0 saturated heterocycles. The van der Waals surface area contributed by atoms with Gasteiger partial charge in [-0.1, -0.05) is 63.1 Å². The van der Waals surface area contributed by atoms with Crippen LogP contribution in [0.2, 0.25) is 0 Å². The van der Waals surface area contributed by atoms with Crippen LogP contribution < -0.4 is 0 Å². The van der Waals surface area contributed by atoms with E-state index in [1.807, 2.05) is 6.92 Å². The Kier molecular flexibility index (Phi) is 13.0. The highest BCUT2D eigenvalue weighted by Crippen LogP contribution is 2.32. The first kappa shape index (κ1) is 27.3. The molecule has 0 aliphatic heterocycles. The summed E-state index contributed by atoms with van der Waals surface area (Å²) in [5, 5.41) is 35.8. The van der Waals surface area contributed by atoms with Crippen LogP contribution in [-0.2, 0) is 0 Å². The van der Waals surface area contributed by atoms with Gasteiger partial charge in [0.15, 0.2) is 0 Å². The highest BCUT2D eigenvalue weighted by Gasteiger charge is 2.34. The molecule has 0 bridgehead atoms. The van der Waals surface area contributed by atoms with E-state index in [2.05, 4.69) is 6.92 Å². The van der Waals surface area contributed by atoms with Crippen molar-refractivity contribution in [1.29, 1.82) is 0 Å². The number of hydrogen-bond donors (Lipinski definition) is 4. The molecule has 6 nitrogen and oxygen atoms in total. The minimum absolute atomic E-state index is 0.331. The fourth-order valence-electron chi connectivity index (χ4n) is 2.49. The molecule has 2 rings (SSSR count). The fraction of sp³-hybridized carbons (Fsp3) is 0.417. The Morgan fingerprint density at radius 1 is 0.800 bits per heavy atom. The van der Waals surface area contributed by atoms with Crippen molar-refractivity contribution in [3.8, 4) is 0 Å². The molecule has 0 radical (unpaired) electrons.